The molecule has 1 fully saturated rings. The summed E-state index contributed by atoms with van der Waals surface area (Å²) in [4.78, 5) is 94.5. The van der Waals surface area contributed by atoms with E-state index in [4.69, 9.17) is 4.74 Å². The Bertz CT molecular complexity index is 2160. The Morgan fingerprint density at radius 3 is 2.42 bits per heavy atom. The van der Waals surface area contributed by atoms with E-state index in [1.807, 2.05) is 6.07 Å². The van der Waals surface area contributed by atoms with E-state index in [-0.39, 0.29) is 43.7 Å². The minimum Gasteiger partial charge on any atom is -0.508 e. The summed E-state index contributed by atoms with van der Waals surface area (Å²) in [6.45, 7) is 1.76. The number of hydrogen-bond donors (Lipinski definition) is 9. The van der Waals surface area contributed by atoms with E-state index in [9.17, 15) is 48.9 Å². The first-order chi connectivity index (χ1) is 28.2. The number of phenolic OH excluding ortho intramolecular Hbond substituents is 1. The van der Waals surface area contributed by atoms with E-state index in [0.29, 0.717) is 16.9 Å². The number of rotatable bonds is 16. The Labute approximate surface area is 342 Å². The molecule has 3 aromatic rings. The van der Waals surface area contributed by atoms with Crippen LogP contribution in [0.25, 0.3) is 0 Å². The second kappa shape index (κ2) is 20.0. The molecule has 0 radical (unpaired) electrons. The Morgan fingerprint density at radius 1 is 1.00 bits per heavy atom. The molecule has 1 saturated heterocycles. The normalized spacial score (nSPS) is 19.9. The molecule has 0 bridgehead atoms. The van der Waals surface area contributed by atoms with Gasteiger partial charge in [0.25, 0.3) is 5.56 Å². The predicted octanol–water partition coefficient (Wildman–Crippen LogP) is -0.357. The van der Waals surface area contributed by atoms with Gasteiger partial charge in [-0.1, -0.05) is 42.5 Å². The number of carboxylic acid groups (broad SMARTS) is 1. The maximum atomic E-state index is 14.0. The zero-order valence-electron chi connectivity index (χ0n) is 32.5. The highest BCUT2D eigenvalue weighted by atomic mass is 32.2. The van der Waals surface area contributed by atoms with Crippen molar-refractivity contribution in [1.82, 2.24) is 41.0 Å². The average molecular weight is 837 g/mol. The minimum absolute atomic E-state index is 0.0212. The van der Waals surface area contributed by atoms with Gasteiger partial charge in [0.2, 0.25) is 23.9 Å². The van der Waals surface area contributed by atoms with Crippen LogP contribution in [0.4, 0.5) is 4.79 Å². The maximum absolute atomic E-state index is 14.0. The standard InChI is InChI=1S/C39H48N8O11S/c1-21(46(2)35(53)27-17-23-10-7-11-29(48)25(23)20-40-27)32(34(52)41-19-24-18-30(49)36(58-24)47-14-12-31(50)44-39(47)57)45-33(51)26(13-15-59-3)42-38(56)43-28(37(54)55)16-22-8-5-4-6-9-22/h4-12,14,19,21,26-28,30,32,36,40,48-49H,13,15-18,20H2,1-3H3,(H,41,52)(H,45,51)(H,54,55)(H2,42,43,56)(H,44,50,57)/b24-19-/t21-,26?,27+,28?,30+,32?,36+/m0/s1. The van der Waals surface area contributed by atoms with E-state index in [0.717, 1.165) is 28.6 Å². The Hall–Kier alpha value is -6.12. The predicted molar refractivity (Wildman–Crippen MR) is 215 cm³/mol. The third-order valence-corrected chi connectivity index (χ3v) is 10.8. The van der Waals surface area contributed by atoms with Gasteiger partial charge in [-0.15, -0.1) is 0 Å². The number of aliphatic hydroxyl groups excluding tert-OH is 1. The molecule has 0 aliphatic carbocycles. The van der Waals surface area contributed by atoms with Crippen molar-refractivity contribution in [2.24, 2.45) is 0 Å². The molecule has 7 atom stereocenters. The van der Waals surface area contributed by atoms with E-state index in [1.54, 1.807) is 55.6 Å². The molecule has 316 valence electrons. The number of aromatic hydroxyl groups is 1. The molecule has 2 aliphatic heterocycles. The number of phenols is 1. The van der Waals surface area contributed by atoms with Gasteiger partial charge in [-0.2, -0.15) is 11.8 Å². The number of carbonyl (C=O) groups excluding carboxylic acids is 4. The number of H-pyrrole nitrogens is 1. The fourth-order valence-corrected chi connectivity index (χ4v) is 7.21. The van der Waals surface area contributed by atoms with Crippen LogP contribution in [0.3, 0.4) is 0 Å². The SMILES string of the molecule is CSCCC(NC(=O)NC(Cc1ccccc1)C(=O)O)C(=O)NC(C(=O)N/C=C1/C[C@@H](O)[C@H](n2ccc(=O)[nH]c2=O)O1)[C@H](C)N(C)C(=O)[C@H]1Cc2cccc(O)c2CN1. The summed E-state index contributed by atoms with van der Waals surface area (Å²) in [6.07, 6.45) is 1.82. The number of aromatic amines is 1. The van der Waals surface area contributed by atoms with E-state index < -0.39 is 83.5 Å². The molecule has 3 heterocycles. The Balaban J connectivity index is 1.35. The number of aromatic nitrogens is 2. The molecule has 9 N–H and O–H groups in total. The zero-order valence-corrected chi connectivity index (χ0v) is 33.4. The lowest BCUT2D eigenvalue weighted by molar-refractivity contribution is -0.139. The maximum Gasteiger partial charge on any atom is 0.331 e. The van der Waals surface area contributed by atoms with Crippen molar-refractivity contribution < 1.29 is 44.0 Å². The van der Waals surface area contributed by atoms with Gasteiger partial charge in [-0.05, 0) is 49.0 Å². The average Bonchev–Trinajstić information content (AvgIpc) is 3.59. The van der Waals surface area contributed by atoms with E-state index in [1.165, 1.54) is 23.7 Å². The molecule has 59 heavy (non-hydrogen) atoms. The first-order valence-corrected chi connectivity index (χ1v) is 20.1. The summed E-state index contributed by atoms with van der Waals surface area (Å²) < 4.78 is 6.71. The summed E-state index contributed by atoms with van der Waals surface area (Å²) in [6, 6.07) is 8.10. The number of benzene rings is 2. The van der Waals surface area contributed by atoms with Gasteiger partial charge >= 0.3 is 17.7 Å². The number of ether oxygens (including phenoxy) is 1. The molecule has 5 rings (SSSR count). The third-order valence-electron chi connectivity index (χ3n) is 10.1. The summed E-state index contributed by atoms with van der Waals surface area (Å²) in [5.74, 6) is -2.76. The Kier molecular flexibility index (Phi) is 14.9. The number of aliphatic hydroxyl groups is 1. The topological polar surface area (TPSA) is 274 Å². The van der Waals surface area contributed by atoms with Gasteiger partial charge in [0, 0.05) is 50.5 Å². The van der Waals surface area contributed by atoms with Crippen LogP contribution in [-0.4, -0.2) is 115 Å². The number of nitrogens with one attached hydrogen (secondary N) is 6. The van der Waals surface area contributed by atoms with Gasteiger partial charge in [-0.3, -0.25) is 28.7 Å². The van der Waals surface area contributed by atoms with Crippen molar-refractivity contribution in [1.29, 1.82) is 0 Å². The lowest BCUT2D eigenvalue weighted by atomic mass is 9.94. The van der Waals surface area contributed by atoms with Crippen LogP contribution in [0.2, 0.25) is 0 Å². The number of nitrogens with zero attached hydrogens (tertiary/aromatic N) is 2. The number of aliphatic carboxylic acids is 1. The van der Waals surface area contributed by atoms with Crippen LogP contribution in [0.1, 0.15) is 42.7 Å². The second-order valence-corrected chi connectivity index (χ2v) is 15.2. The number of fused-ring (bicyclic) bond motifs is 1. The second-order valence-electron chi connectivity index (χ2n) is 14.2. The lowest BCUT2D eigenvalue weighted by Gasteiger charge is -2.36. The summed E-state index contributed by atoms with van der Waals surface area (Å²) in [5.41, 5.74) is 0.636. The van der Waals surface area contributed by atoms with Gasteiger partial charge in [0.15, 0.2) is 0 Å². The van der Waals surface area contributed by atoms with Crippen LogP contribution in [0, 0.1) is 0 Å². The number of amides is 5. The first-order valence-electron chi connectivity index (χ1n) is 18.7. The summed E-state index contributed by atoms with van der Waals surface area (Å²) in [5, 5.41) is 44.1. The number of thioether (sulfide) groups is 1. The number of likely N-dealkylation sites (N-methyl/N-ethyl adjacent to an activating group) is 1. The smallest absolute Gasteiger partial charge is 0.331 e. The van der Waals surface area contributed by atoms with Gasteiger partial charge in [0.05, 0.1) is 12.1 Å². The molecule has 19 nitrogen and oxygen atoms in total. The summed E-state index contributed by atoms with van der Waals surface area (Å²) >= 11 is 1.39. The molecule has 0 saturated carbocycles. The van der Waals surface area contributed by atoms with Crippen molar-refractivity contribution in [3.63, 3.8) is 0 Å². The van der Waals surface area contributed by atoms with E-state index in [2.05, 4.69) is 31.6 Å². The molecule has 5 amide bonds. The van der Waals surface area contributed by atoms with Crippen molar-refractivity contribution in [2.45, 2.75) is 81.7 Å². The molecular formula is C39H48N8O11S. The monoisotopic (exact) mass is 836 g/mol. The molecule has 2 aromatic carbocycles. The molecule has 3 unspecified atom stereocenters. The number of carboxylic acids is 1. The molecule has 20 heteroatoms. The van der Waals surface area contributed by atoms with Crippen LogP contribution in [0.5, 0.6) is 5.75 Å². The fourth-order valence-electron chi connectivity index (χ4n) is 6.74. The molecule has 1 aromatic heterocycles. The van der Waals surface area contributed by atoms with Crippen LogP contribution < -0.4 is 37.8 Å². The molecule has 0 spiro atoms. The zero-order chi connectivity index (χ0) is 42.8. The largest absolute Gasteiger partial charge is 0.508 e. The van der Waals surface area contributed by atoms with Crippen molar-refractivity contribution in [2.75, 3.05) is 19.1 Å². The van der Waals surface area contributed by atoms with E-state index >= 15 is 0 Å². The number of hydrogen-bond acceptors (Lipinski definition) is 12. The van der Waals surface area contributed by atoms with Gasteiger partial charge in [-0.25, -0.2) is 14.4 Å². The molecular weight excluding hydrogens is 789 g/mol. The fraction of sp³-hybridized carbons (Fsp3) is 0.410. The van der Waals surface area contributed by atoms with Gasteiger partial charge < -0.3 is 51.5 Å². The van der Waals surface area contributed by atoms with Crippen LogP contribution in [-0.2, 0) is 43.3 Å². The van der Waals surface area contributed by atoms with Crippen molar-refractivity contribution in [3.05, 3.63) is 110 Å². The third kappa shape index (κ3) is 11.3. The number of carbonyl (C=O) groups is 5. The van der Waals surface area contributed by atoms with Crippen molar-refractivity contribution >= 4 is 41.5 Å². The number of urea groups is 1. The highest BCUT2D eigenvalue weighted by molar-refractivity contribution is 7.98. The highest BCUT2D eigenvalue weighted by Gasteiger charge is 2.38. The summed E-state index contributed by atoms with van der Waals surface area (Å²) in [7, 11) is 1.47. The lowest BCUT2D eigenvalue weighted by Crippen LogP contribution is -2.62. The van der Waals surface area contributed by atoms with Gasteiger partial charge in [0.1, 0.15) is 35.7 Å². The highest BCUT2D eigenvalue weighted by Crippen LogP contribution is 2.30. The van der Waals surface area contributed by atoms with Crippen LogP contribution in [0.15, 0.2) is 82.3 Å². The van der Waals surface area contributed by atoms with Crippen molar-refractivity contribution in [3.8, 4) is 5.75 Å². The minimum atomic E-state index is -1.45. The Morgan fingerprint density at radius 2 is 1.73 bits per heavy atom. The quantitative estimate of drug-likeness (QED) is 0.0894. The first kappa shape index (κ1) is 44.0. The van der Waals surface area contributed by atoms with Crippen LogP contribution >= 0.6 is 11.8 Å². The molecule has 2 aliphatic rings.